The molecule has 1 aliphatic heterocycles. The maximum atomic E-state index is 12.8. The van der Waals surface area contributed by atoms with Gasteiger partial charge in [-0.15, -0.1) is 10.2 Å². The van der Waals surface area contributed by atoms with Gasteiger partial charge in [0.15, 0.2) is 22.4 Å². The maximum absolute atomic E-state index is 12.8. The van der Waals surface area contributed by atoms with Gasteiger partial charge in [0, 0.05) is 23.6 Å². The summed E-state index contributed by atoms with van der Waals surface area (Å²) in [7, 11) is 0. The van der Waals surface area contributed by atoms with E-state index in [0.717, 1.165) is 35.9 Å². The summed E-state index contributed by atoms with van der Waals surface area (Å²) >= 11 is 1.42. The summed E-state index contributed by atoms with van der Waals surface area (Å²) in [5.74, 6) is 3.11. The van der Waals surface area contributed by atoms with Crippen LogP contribution in [-0.2, 0) is 0 Å². The number of thioether (sulfide) groups is 1. The van der Waals surface area contributed by atoms with E-state index >= 15 is 0 Å². The number of benzene rings is 2. The molecule has 0 bridgehead atoms. The van der Waals surface area contributed by atoms with Crippen LogP contribution in [-0.4, -0.2) is 39.5 Å². The van der Waals surface area contributed by atoms with Gasteiger partial charge in [-0.3, -0.25) is 9.36 Å². The Bertz CT molecular complexity index is 1030. The van der Waals surface area contributed by atoms with E-state index in [1.165, 1.54) is 11.8 Å². The Hall–Kier alpha value is -2.80. The van der Waals surface area contributed by atoms with Crippen molar-refractivity contribution in [2.45, 2.75) is 30.3 Å². The zero-order chi connectivity index (χ0) is 19.6. The zero-order valence-electron chi connectivity index (χ0n) is 15.9. The van der Waals surface area contributed by atoms with Crippen LogP contribution in [0.1, 0.15) is 41.4 Å². The number of carbonyl (C=O) groups excluding carboxylic acids is 1. The van der Waals surface area contributed by atoms with Crippen molar-refractivity contribution in [3.63, 3.8) is 0 Å². The molecule has 7 heteroatoms. The van der Waals surface area contributed by atoms with Crippen LogP contribution in [0.25, 0.3) is 5.69 Å². The third kappa shape index (κ3) is 3.87. The molecule has 3 aromatic rings. The molecular formula is C22H21N3O3S. The summed E-state index contributed by atoms with van der Waals surface area (Å²) in [6.45, 7) is 1.23. The molecule has 0 saturated heterocycles. The Morgan fingerprint density at radius 3 is 2.62 bits per heavy atom. The van der Waals surface area contributed by atoms with E-state index in [1.54, 1.807) is 12.1 Å². The number of hydrogen-bond donors (Lipinski definition) is 0. The highest BCUT2D eigenvalue weighted by Crippen LogP contribution is 2.41. The highest BCUT2D eigenvalue weighted by molar-refractivity contribution is 7.99. The lowest BCUT2D eigenvalue weighted by atomic mass is 10.1. The van der Waals surface area contributed by atoms with Crippen molar-refractivity contribution in [1.82, 2.24) is 14.8 Å². The Morgan fingerprint density at radius 2 is 1.83 bits per heavy atom. The molecule has 2 aliphatic rings. The second-order valence-corrected chi connectivity index (χ2v) is 8.15. The van der Waals surface area contributed by atoms with Crippen molar-refractivity contribution in [2.24, 2.45) is 0 Å². The molecule has 29 heavy (non-hydrogen) atoms. The number of hydrogen-bond acceptors (Lipinski definition) is 6. The summed E-state index contributed by atoms with van der Waals surface area (Å²) in [5, 5.41) is 9.55. The van der Waals surface area contributed by atoms with Gasteiger partial charge in [-0.25, -0.2) is 0 Å². The Labute approximate surface area is 173 Å². The maximum Gasteiger partial charge on any atom is 0.196 e. The van der Waals surface area contributed by atoms with Gasteiger partial charge < -0.3 is 9.47 Å². The minimum absolute atomic E-state index is 0.0289. The molecule has 0 spiro atoms. The van der Waals surface area contributed by atoms with Gasteiger partial charge in [0.1, 0.15) is 5.82 Å². The number of para-hydroxylation sites is 1. The number of rotatable bonds is 6. The van der Waals surface area contributed by atoms with Gasteiger partial charge in [0.2, 0.25) is 0 Å². The standard InChI is InChI=1S/C22H21N3O3S/c26-18(16-9-10-19-20(13-16)28-12-4-11-27-19)14-29-22-24-23-21(15-7-8-15)25(22)17-5-2-1-3-6-17/h1-3,5-6,9-10,13,15H,4,7-8,11-12,14H2. The second-order valence-electron chi connectivity index (χ2n) is 7.21. The highest BCUT2D eigenvalue weighted by atomic mass is 32.2. The van der Waals surface area contributed by atoms with Crippen LogP contribution in [0.3, 0.4) is 0 Å². The largest absolute Gasteiger partial charge is 0.490 e. The normalized spacial score (nSPS) is 15.7. The summed E-state index contributed by atoms with van der Waals surface area (Å²) in [5.41, 5.74) is 1.65. The van der Waals surface area contributed by atoms with Crippen LogP contribution in [0.4, 0.5) is 0 Å². The van der Waals surface area contributed by atoms with E-state index < -0.39 is 0 Å². The van der Waals surface area contributed by atoms with Gasteiger partial charge >= 0.3 is 0 Å². The van der Waals surface area contributed by atoms with Crippen molar-refractivity contribution in [3.8, 4) is 17.2 Å². The fourth-order valence-electron chi connectivity index (χ4n) is 3.35. The fraction of sp³-hybridized carbons (Fsp3) is 0.318. The molecule has 1 saturated carbocycles. The third-order valence-electron chi connectivity index (χ3n) is 5.02. The number of fused-ring (bicyclic) bond motifs is 1. The van der Waals surface area contributed by atoms with Crippen molar-refractivity contribution >= 4 is 17.5 Å². The first-order valence-electron chi connectivity index (χ1n) is 9.86. The van der Waals surface area contributed by atoms with E-state index in [0.29, 0.717) is 36.2 Å². The summed E-state index contributed by atoms with van der Waals surface area (Å²) in [6, 6.07) is 15.5. The molecule has 1 aromatic heterocycles. The van der Waals surface area contributed by atoms with E-state index in [1.807, 2.05) is 36.4 Å². The molecular weight excluding hydrogens is 386 g/mol. The lowest BCUT2D eigenvalue weighted by molar-refractivity contribution is 0.102. The number of ketones is 1. The molecule has 0 N–H and O–H groups in total. The Balaban J connectivity index is 1.35. The third-order valence-corrected chi connectivity index (χ3v) is 5.95. The number of carbonyl (C=O) groups is 1. The Morgan fingerprint density at radius 1 is 1.03 bits per heavy atom. The SMILES string of the molecule is O=C(CSc1nnc(C2CC2)n1-c1ccccc1)c1ccc2c(c1)OCCCO2. The van der Waals surface area contributed by atoms with Crippen molar-refractivity contribution in [2.75, 3.05) is 19.0 Å². The number of Topliss-reactive ketones (excluding diaryl/α,β-unsaturated/α-hetero) is 1. The number of nitrogens with zero attached hydrogens (tertiary/aromatic N) is 3. The van der Waals surface area contributed by atoms with Gasteiger partial charge in [0.05, 0.1) is 19.0 Å². The number of ether oxygens (including phenoxy) is 2. The van der Waals surface area contributed by atoms with Crippen molar-refractivity contribution in [3.05, 3.63) is 59.9 Å². The molecule has 1 fully saturated rings. The summed E-state index contributed by atoms with van der Waals surface area (Å²) < 4.78 is 13.4. The van der Waals surface area contributed by atoms with Crippen LogP contribution in [0.2, 0.25) is 0 Å². The van der Waals surface area contributed by atoms with Crippen LogP contribution in [0.5, 0.6) is 11.5 Å². The molecule has 2 aromatic carbocycles. The molecule has 6 nitrogen and oxygen atoms in total. The quantitative estimate of drug-likeness (QED) is 0.449. The first-order chi connectivity index (χ1) is 14.3. The predicted molar refractivity (Wildman–Crippen MR) is 110 cm³/mol. The molecule has 5 rings (SSSR count). The van der Waals surface area contributed by atoms with Gasteiger partial charge in [0.25, 0.3) is 0 Å². The van der Waals surface area contributed by atoms with Crippen molar-refractivity contribution in [1.29, 1.82) is 0 Å². The monoisotopic (exact) mass is 407 g/mol. The molecule has 2 heterocycles. The first kappa shape index (κ1) is 18.2. The lowest BCUT2D eigenvalue weighted by Crippen LogP contribution is -2.06. The highest BCUT2D eigenvalue weighted by Gasteiger charge is 2.31. The summed E-state index contributed by atoms with van der Waals surface area (Å²) in [6.07, 6.45) is 3.13. The fourth-order valence-corrected chi connectivity index (χ4v) is 4.20. The first-order valence-corrected chi connectivity index (χ1v) is 10.8. The molecule has 0 atom stereocenters. The predicted octanol–water partition coefficient (Wildman–Crippen LogP) is 4.28. The van der Waals surface area contributed by atoms with E-state index in [2.05, 4.69) is 14.8 Å². The van der Waals surface area contributed by atoms with Crippen LogP contribution in [0.15, 0.2) is 53.7 Å². The van der Waals surface area contributed by atoms with Gasteiger partial charge in [-0.2, -0.15) is 0 Å². The van der Waals surface area contributed by atoms with Crippen LogP contribution in [0, 0.1) is 0 Å². The Kier molecular flexibility index (Phi) is 4.97. The van der Waals surface area contributed by atoms with Crippen LogP contribution < -0.4 is 9.47 Å². The molecule has 148 valence electrons. The smallest absolute Gasteiger partial charge is 0.196 e. The summed E-state index contributed by atoms with van der Waals surface area (Å²) in [4.78, 5) is 12.8. The second kappa shape index (κ2) is 7.91. The number of aromatic nitrogens is 3. The lowest BCUT2D eigenvalue weighted by Gasteiger charge is -2.10. The van der Waals surface area contributed by atoms with Crippen molar-refractivity contribution < 1.29 is 14.3 Å². The molecule has 1 aliphatic carbocycles. The minimum Gasteiger partial charge on any atom is -0.490 e. The van der Waals surface area contributed by atoms with E-state index in [-0.39, 0.29) is 11.5 Å². The average Bonchev–Trinajstić information content (AvgIpc) is 3.56. The zero-order valence-corrected chi connectivity index (χ0v) is 16.7. The van der Waals surface area contributed by atoms with Gasteiger partial charge in [-0.1, -0.05) is 30.0 Å². The molecule has 0 amide bonds. The average molecular weight is 407 g/mol. The van der Waals surface area contributed by atoms with E-state index in [4.69, 9.17) is 9.47 Å². The molecule has 0 unspecified atom stereocenters. The minimum atomic E-state index is 0.0289. The van der Waals surface area contributed by atoms with E-state index in [9.17, 15) is 4.79 Å². The van der Waals surface area contributed by atoms with Gasteiger partial charge in [-0.05, 0) is 43.2 Å². The topological polar surface area (TPSA) is 66.2 Å². The van der Waals surface area contributed by atoms with Crippen LogP contribution >= 0.6 is 11.8 Å². The molecule has 0 radical (unpaired) electrons.